The highest BCUT2D eigenvalue weighted by Gasteiger charge is 1.98. The molecule has 0 aromatic carbocycles. The first-order chi connectivity index (χ1) is 4.30. The van der Waals surface area contributed by atoms with Crippen molar-refractivity contribution in [1.29, 1.82) is 0 Å². The first kappa shape index (κ1) is 6.60. The Labute approximate surface area is 57.3 Å². The Bertz CT molecular complexity index is 145. The molecule has 0 radical (unpaired) electrons. The Morgan fingerprint density at radius 2 is 2.22 bits per heavy atom. The minimum atomic E-state index is 1.27. The molecule has 0 amide bonds. The standard InChI is InChI=1S/C9H14/c1-8(2)9-6-4-3-5-7-9/h4,6H,3,5,7H2,1-2H3. The van der Waals surface area contributed by atoms with E-state index >= 15 is 0 Å². The van der Waals surface area contributed by atoms with Gasteiger partial charge in [0.1, 0.15) is 0 Å². The molecule has 50 valence electrons. The lowest BCUT2D eigenvalue weighted by Crippen LogP contribution is -1.88. The lowest BCUT2D eigenvalue weighted by molar-refractivity contribution is 0.812. The second-order valence-electron chi connectivity index (χ2n) is 2.82. The van der Waals surface area contributed by atoms with Crippen molar-refractivity contribution < 1.29 is 0 Å². The zero-order valence-corrected chi connectivity index (χ0v) is 6.28. The van der Waals surface area contributed by atoms with Gasteiger partial charge in [0.15, 0.2) is 0 Å². The van der Waals surface area contributed by atoms with E-state index in [9.17, 15) is 0 Å². The fraction of sp³-hybridized carbons (Fsp3) is 0.556. The average Bonchev–Trinajstić information content (AvgIpc) is 1.90. The Balaban J connectivity index is 2.71. The number of allylic oxidation sites excluding steroid dienone is 4. The van der Waals surface area contributed by atoms with E-state index in [0.717, 1.165) is 0 Å². The predicted molar refractivity (Wildman–Crippen MR) is 41.4 cm³/mol. The summed E-state index contributed by atoms with van der Waals surface area (Å²) in [5.74, 6) is 0. The van der Waals surface area contributed by atoms with Crippen LogP contribution in [0.2, 0.25) is 0 Å². The number of rotatable bonds is 0. The van der Waals surface area contributed by atoms with E-state index < -0.39 is 0 Å². The Morgan fingerprint density at radius 1 is 1.44 bits per heavy atom. The summed E-state index contributed by atoms with van der Waals surface area (Å²) in [5.41, 5.74) is 3.02. The van der Waals surface area contributed by atoms with Gasteiger partial charge in [-0.15, -0.1) is 0 Å². The van der Waals surface area contributed by atoms with Crippen LogP contribution in [0.5, 0.6) is 0 Å². The molecule has 1 rings (SSSR count). The van der Waals surface area contributed by atoms with Gasteiger partial charge in [0, 0.05) is 0 Å². The minimum Gasteiger partial charge on any atom is -0.0843 e. The molecule has 0 fully saturated rings. The van der Waals surface area contributed by atoms with Crippen LogP contribution in [0, 0.1) is 0 Å². The van der Waals surface area contributed by atoms with Gasteiger partial charge in [-0.1, -0.05) is 17.7 Å². The molecule has 0 saturated heterocycles. The lowest BCUT2D eigenvalue weighted by Gasteiger charge is -2.08. The van der Waals surface area contributed by atoms with E-state index in [1.54, 1.807) is 5.57 Å². The zero-order chi connectivity index (χ0) is 6.69. The average molecular weight is 122 g/mol. The molecule has 0 spiro atoms. The van der Waals surface area contributed by atoms with Crippen LogP contribution in [0.25, 0.3) is 0 Å². The monoisotopic (exact) mass is 122 g/mol. The van der Waals surface area contributed by atoms with E-state index in [-0.39, 0.29) is 0 Å². The third-order valence-electron chi connectivity index (χ3n) is 1.78. The topological polar surface area (TPSA) is 0 Å². The van der Waals surface area contributed by atoms with Crippen LogP contribution in [0.3, 0.4) is 0 Å². The molecule has 0 heteroatoms. The molecule has 0 heterocycles. The van der Waals surface area contributed by atoms with E-state index in [1.807, 2.05) is 0 Å². The van der Waals surface area contributed by atoms with Crippen molar-refractivity contribution in [3.8, 4) is 0 Å². The summed E-state index contributed by atoms with van der Waals surface area (Å²) < 4.78 is 0. The van der Waals surface area contributed by atoms with E-state index in [2.05, 4.69) is 26.0 Å². The zero-order valence-electron chi connectivity index (χ0n) is 6.28. The van der Waals surface area contributed by atoms with Crippen molar-refractivity contribution in [3.05, 3.63) is 23.3 Å². The minimum absolute atomic E-state index is 1.27. The quantitative estimate of drug-likeness (QED) is 0.463. The van der Waals surface area contributed by atoms with Gasteiger partial charge in [0.2, 0.25) is 0 Å². The SMILES string of the molecule is CC(C)=C1C=CCCC1. The smallest absolute Gasteiger partial charge is 0.0277 e. The van der Waals surface area contributed by atoms with Gasteiger partial charge in [0.25, 0.3) is 0 Å². The molecule has 1 aliphatic carbocycles. The highest BCUT2D eigenvalue weighted by atomic mass is 14.0. The third-order valence-corrected chi connectivity index (χ3v) is 1.78. The molecule has 0 saturated carbocycles. The molecule has 0 aromatic rings. The molecular formula is C9H14. The number of hydrogen-bond acceptors (Lipinski definition) is 0. The summed E-state index contributed by atoms with van der Waals surface area (Å²) in [5, 5.41) is 0. The van der Waals surface area contributed by atoms with Gasteiger partial charge in [-0.2, -0.15) is 0 Å². The first-order valence-corrected chi connectivity index (χ1v) is 3.63. The van der Waals surface area contributed by atoms with Gasteiger partial charge in [0.05, 0.1) is 0 Å². The Kier molecular flexibility index (Phi) is 2.10. The van der Waals surface area contributed by atoms with Crippen LogP contribution >= 0.6 is 0 Å². The fourth-order valence-electron chi connectivity index (χ4n) is 1.14. The summed E-state index contributed by atoms with van der Waals surface area (Å²) in [6.07, 6.45) is 8.44. The van der Waals surface area contributed by atoms with E-state index in [4.69, 9.17) is 0 Å². The normalized spacial score (nSPS) is 18.2. The first-order valence-electron chi connectivity index (χ1n) is 3.63. The van der Waals surface area contributed by atoms with E-state index in [1.165, 1.54) is 24.8 Å². The molecule has 1 aliphatic rings. The second kappa shape index (κ2) is 2.86. The maximum atomic E-state index is 2.27. The summed E-state index contributed by atoms with van der Waals surface area (Å²) in [7, 11) is 0. The molecule has 0 atom stereocenters. The van der Waals surface area contributed by atoms with Crippen LogP contribution in [0.1, 0.15) is 33.1 Å². The van der Waals surface area contributed by atoms with E-state index in [0.29, 0.717) is 0 Å². The highest BCUT2D eigenvalue weighted by Crippen LogP contribution is 2.18. The van der Waals surface area contributed by atoms with Crippen molar-refractivity contribution in [1.82, 2.24) is 0 Å². The van der Waals surface area contributed by atoms with Crippen LogP contribution in [-0.4, -0.2) is 0 Å². The van der Waals surface area contributed by atoms with Crippen LogP contribution in [0.4, 0.5) is 0 Å². The van der Waals surface area contributed by atoms with Crippen LogP contribution in [-0.2, 0) is 0 Å². The lowest BCUT2D eigenvalue weighted by atomic mass is 9.99. The van der Waals surface area contributed by atoms with Gasteiger partial charge >= 0.3 is 0 Å². The largest absolute Gasteiger partial charge is 0.0843 e. The third kappa shape index (κ3) is 1.70. The van der Waals surface area contributed by atoms with Crippen molar-refractivity contribution >= 4 is 0 Å². The van der Waals surface area contributed by atoms with Crippen molar-refractivity contribution in [2.24, 2.45) is 0 Å². The molecule has 0 aromatic heterocycles. The molecule has 9 heavy (non-hydrogen) atoms. The van der Waals surface area contributed by atoms with Gasteiger partial charge in [-0.3, -0.25) is 0 Å². The Morgan fingerprint density at radius 3 is 2.56 bits per heavy atom. The van der Waals surface area contributed by atoms with Crippen molar-refractivity contribution in [2.75, 3.05) is 0 Å². The molecule has 0 unspecified atom stereocenters. The van der Waals surface area contributed by atoms with Crippen LogP contribution in [0.15, 0.2) is 23.3 Å². The molecule has 0 N–H and O–H groups in total. The number of hydrogen-bond donors (Lipinski definition) is 0. The summed E-state index contributed by atoms with van der Waals surface area (Å²) in [6, 6.07) is 0. The maximum Gasteiger partial charge on any atom is -0.0277 e. The van der Waals surface area contributed by atoms with Gasteiger partial charge < -0.3 is 0 Å². The van der Waals surface area contributed by atoms with Gasteiger partial charge in [-0.05, 0) is 38.7 Å². The molecule has 0 aliphatic heterocycles. The maximum absolute atomic E-state index is 2.27. The van der Waals surface area contributed by atoms with Crippen molar-refractivity contribution in [3.63, 3.8) is 0 Å². The fourth-order valence-corrected chi connectivity index (χ4v) is 1.14. The second-order valence-corrected chi connectivity index (χ2v) is 2.82. The Hall–Kier alpha value is -0.520. The predicted octanol–water partition coefficient (Wildman–Crippen LogP) is 3.06. The molecular weight excluding hydrogens is 108 g/mol. The highest BCUT2D eigenvalue weighted by molar-refractivity contribution is 5.25. The van der Waals surface area contributed by atoms with Crippen molar-refractivity contribution in [2.45, 2.75) is 33.1 Å². The summed E-state index contributed by atoms with van der Waals surface area (Å²) >= 11 is 0. The summed E-state index contributed by atoms with van der Waals surface area (Å²) in [4.78, 5) is 0. The molecule has 0 nitrogen and oxygen atoms in total. The molecule has 0 bridgehead atoms. The van der Waals surface area contributed by atoms with Gasteiger partial charge in [-0.25, -0.2) is 0 Å². The summed E-state index contributed by atoms with van der Waals surface area (Å²) in [6.45, 7) is 4.37. The van der Waals surface area contributed by atoms with Crippen LogP contribution < -0.4 is 0 Å².